The Balaban J connectivity index is 0.00000385. The fraction of sp³-hybridized carbons (Fsp3) is 0.417. The van der Waals surface area contributed by atoms with Crippen LogP contribution in [-0.4, -0.2) is 68.6 Å². The van der Waals surface area contributed by atoms with Crippen LogP contribution in [0.4, 0.5) is 0 Å². The molecule has 0 spiro atoms. The maximum Gasteiger partial charge on any atom is 0.248 e. The van der Waals surface area contributed by atoms with E-state index in [0.717, 1.165) is 67.9 Å². The lowest BCUT2D eigenvalue weighted by Gasteiger charge is -2.36. The lowest BCUT2D eigenvalue weighted by molar-refractivity contribution is 0.1000. The third-order valence-corrected chi connectivity index (χ3v) is 5.51. The molecule has 1 amide bonds. The van der Waals surface area contributed by atoms with Gasteiger partial charge in [-0.05, 0) is 42.8 Å². The van der Waals surface area contributed by atoms with Crippen LogP contribution in [-0.2, 0) is 13.1 Å². The second kappa shape index (κ2) is 13.2. The zero-order chi connectivity index (χ0) is 22.9. The summed E-state index contributed by atoms with van der Waals surface area (Å²) >= 11 is 0. The van der Waals surface area contributed by atoms with Crippen LogP contribution in [0.25, 0.3) is 0 Å². The van der Waals surface area contributed by atoms with Crippen molar-refractivity contribution in [2.45, 2.75) is 20.0 Å². The van der Waals surface area contributed by atoms with Crippen LogP contribution in [0.1, 0.15) is 28.4 Å². The molecule has 1 saturated heterocycles. The number of carbonyl (C=O) groups excluding carboxylic acids is 1. The Kier molecular flexibility index (Phi) is 10.7. The first-order valence-corrected chi connectivity index (χ1v) is 10.9. The van der Waals surface area contributed by atoms with Crippen LogP contribution in [0, 0.1) is 0 Å². The van der Waals surface area contributed by atoms with E-state index in [1.807, 2.05) is 30.3 Å². The summed E-state index contributed by atoms with van der Waals surface area (Å²) in [5.41, 5.74) is 7.97. The number of hydrogen-bond acceptors (Lipinski definition) is 5. The van der Waals surface area contributed by atoms with Gasteiger partial charge in [-0.15, -0.1) is 24.0 Å². The Morgan fingerprint density at radius 1 is 1.09 bits per heavy atom. The Morgan fingerprint density at radius 2 is 1.85 bits per heavy atom. The van der Waals surface area contributed by atoms with Crippen molar-refractivity contribution in [3.8, 4) is 11.5 Å². The maximum atomic E-state index is 11.4. The van der Waals surface area contributed by atoms with E-state index >= 15 is 0 Å². The number of ether oxygens (including phenoxy) is 2. The molecule has 0 aromatic heterocycles. The van der Waals surface area contributed by atoms with Gasteiger partial charge in [-0.1, -0.05) is 12.1 Å². The van der Waals surface area contributed by atoms with Gasteiger partial charge in [0.15, 0.2) is 5.96 Å². The number of methoxy groups -OCH3 is 2. The van der Waals surface area contributed by atoms with E-state index in [2.05, 4.69) is 22.0 Å². The number of nitrogens with zero attached hydrogens (tertiary/aromatic N) is 3. The first kappa shape index (κ1) is 26.7. The topological polar surface area (TPSA) is 92.4 Å². The molecule has 3 N–H and O–H groups in total. The van der Waals surface area contributed by atoms with Crippen LogP contribution >= 0.6 is 24.0 Å². The van der Waals surface area contributed by atoms with Crippen molar-refractivity contribution in [2.75, 3.05) is 46.9 Å². The second-order valence-corrected chi connectivity index (χ2v) is 7.68. The number of carbonyl (C=O) groups is 1. The van der Waals surface area contributed by atoms with Gasteiger partial charge in [-0.3, -0.25) is 9.69 Å². The summed E-state index contributed by atoms with van der Waals surface area (Å²) in [5.74, 6) is 2.17. The molecule has 180 valence electrons. The van der Waals surface area contributed by atoms with Gasteiger partial charge in [-0.2, -0.15) is 0 Å². The highest BCUT2D eigenvalue weighted by Crippen LogP contribution is 2.25. The highest BCUT2D eigenvalue weighted by molar-refractivity contribution is 14.0. The largest absolute Gasteiger partial charge is 0.497 e. The summed E-state index contributed by atoms with van der Waals surface area (Å²) < 4.78 is 10.9. The van der Waals surface area contributed by atoms with Crippen molar-refractivity contribution in [3.63, 3.8) is 0 Å². The SMILES string of the molecule is CCNC(=NCc1cccc(C(N)=O)c1)N1CCN(Cc2cc(OC)ccc2OC)CC1.I. The minimum atomic E-state index is -0.425. The maximum absolute atomic E-state index is 11.4. The monoisotopic (exact) mass is 567 g/mol. The zero-order valence-electron chi connectivity index (χ0n) is 19.5. The van der Waals surface area contributed by atoms with Crippen molar-refractivity contribution in [1.29, 1.82) is 0 Å². The van der Waals surface area contributed by atoms with Gasteiger partial charge in [0.2, 0.25) is 5.91 Å². The Morgan fingerprint density at radius 3 is 2.48 bits per heavy atom. The van der Waals surface area contributed by atoms with E-state index in [-0.39, 0.29) is 24.0 Å². The van der Waals surface area contributed by atoms with Crippen molar-refractivity contribution in [2.24, 2.45) is 10.7 Å². The van der Waals surface area contributed by atoms with E-state index in [4.69, 9.17) is 20.2 Å². The number of amides is 1. The molecule has 0 unspecified atom stereocenters. The van der Waals surface area contributed by atoms with Crippen LogP contribution < -0.4 is 20.5 Å². The van der Waals surface area contributed by atoms with E-state index in [9.17, 15) is 4.79 Å². The fourth-order valence-electron chi connectivity index (χ4n) is 3.78. The standard InChI is InChI=1S/C24H33N5O3.HI/c1-4-26-24(27-16-18-6-5-7-19(14-18)23(25)30)29-12-10-28(11-13-29)17-20-15-21(31-2)8-9-22(20)32-3;/h5-9,14-15H,4,10-13,16-17H2,1-3H3,(H2,25,30)(H,26,27);1H. The molecule has 2 aromatic carbocycles. The van der Waals surface area contributed by atoms with Gasteiger partial charge in [-0.25, -0.2) is 4.99 Å². The number of nitrogens with two attached hydrogens (primary N) is 1. The van der Waals surface area contributed by atoms with E-state index in [1.165, 1.54) is 0 Å². The first-order chi connectivity index (χ1) is 15.5. The van der Waals surface area contributed by atoms with Crippen molar-refractivity contribution in [1.82, 2.24) is 15.1 Å². The minimum absolute atomic E-state index is 0. The van der Waals surface area contributed by atoms with Crippen molar-refractivity contribution in [3.05, 3.63) is 59.2 Å². The van der Waals surface area contributed by atoms with Crippen molar-refractivity contribution >= 4 is 35.8 Å². The molecular weight excluding hydrogens is 533 g/mol. The Hall–Kier alpha value is -2.53. The summed E-state index contributed by atoms with van der Waals surface area (Å²) in [7, 11) is 3.37. The summed E-state index contributed by atoms with van der Waals surface area (Å²) in [6.45, 7) is 7.74. The molecule has 2 aromatic rings. The van der Waals surface area contributed by atoms with E-state index < -0.39 is 5.91 Å². The highest BCUT2D eigenvalue weighted by atomic mass is 127. The zero-order valence-corrected chi connectivity index (χ0v) is 21.9. The normalized spacial score (nSPS) is 14.4. The van der Waals surface area contributed by atoms with E-state index in [1.54, 1.807) is 26.4 Å². The molecule has 0 radical (unpaired) electrons. The number of primary amides is 1. The molecule has 33 heavy (non-hydrogen) atoms. The van der Waals surface area contributed by atoms with Gasteiger partial charge in [0.1, 0.15) is 11.5 Å². The number of guanidine groups is 1. The third kappa shape index (κ3) is 7.50. The molecular formula is C24H34IN5O3. The molecule has 0 aliphatic carbocycles. The lowest BCUT2D eigenvalue weighted by Crippen LogP contribution is -2.52. The van der Waals surface area contributed by atoms with Gasteiger partial charge in [0, 0.05) is 50.4 Å². The average Bonchev–Trinajstić information content (AvgIpc) is 2.82. The van der Waals surface area contributed by atoms with Gasteiger partial charge in [0.05, 0.1) is 20.8 Å². The van der Waals surface area contributed by atoms with Gasteiger partial charge in [0.25, 0.3) is 0 Å². The molecule has 1 fully saturated rings. The highest BCUT2D eigenvalue weighted by Gasteiger charge is 2.21. The quantitative estimate of drug-likeness (QED) is 0.290. The number of nitrogens with one attached hydrogen (secondary N) is 1. The fourth-order valence-corrected chi connectivity index (χ4v) is 3.78. The molecule has 1 heterocycles. The number of halogens is 1. The predicted octanol–water partition coefficient (Wildman–Crippen LogP) is 2.70. The Labute approximate surface area is 213 Å². The molecule has 8 nitrogen and oxygen atoms in total. The molecule has 9 heteroatoms. The first-order valence-electron chi connectivity index (χ1n) is 10.9. The summed E-state index contributed by atoms with van der Waals surface area (Å²) in [5, 5.41) is 3.39. The van der Waals surface area contributed by atoms with Crippen LogP contribution in [0.2, 0.25) is 0 Å². The molecule has 0 atom stereocenters. The van der Waals surface area contributed by atoms with E-state index in [0.29, 0.717) is 12.1 Å². The molecule has 1 aliphatic heterocycles. The number of piperazine rings is 1. The van der Waals surface area contributed by atoms with Crippen LogP contribution in [0.3, 0.4) is 0 Å². The summed E-state index contributed by atoms with van der Waals surface area (Å²) in [4.78, 5) is 20.9. The predicted molar refractivity (Wildman–Crippen MR) is 142 cm³/mol. The van der Waals surface area contributed by atoms with Gasteiger partial charge < -0.3 is 25.4 Å². The van der Waals surface area contributed by atoms with Crippen LogP contribution in [0.5, 0.6) is 11.5 Å². The minimum Gasteiger partial charge on any atom is -0.497 e. The molecule has 3 rings (SSSR count). The Bertz CT molecular complexity index is 945. The number of benzene rings is 2. The second-order valence-electron chi connectivity index (χ2n) is 7.68. The summed E-state index contributed by atoms with van der Waals surface area (Å²) in [6.07, 6.45) is 0. The molecule has 0 saturated carbocycles. The van der Waals surface area contributed by atoms with Crippen LogP contribution in [0.15, 0.2) is 47.5 Å². The lowest BCUT2D eigenvalue weighted by atomic mass is 10.1. The number of rotatable bonds is 8. The third-order valence-electron chi connectivity index (χ3n) is 5.51. The smallest absolute Gasteiger partial charge is 0.248 e. The van der Waals surface area contributed by atoms with Crippen molar-refractivity contribution < 1.29 is 14.3 Å². The summed E-state index contributed by atoms with van der Waals surface area (Å²) in [6, 6.07) is 13.2. The average molecular weight is 567 g/mol. The van der Waals surface area contributed by atoms with Gasteiger partial charge >= 0.3 is 0 Å². The number of aliphatic imine (C=N–C) groups is 1. The molecule has 0 bridgehead atoms. The molecule has 1 aliphatic rings. The number of hydrogen-bond donors (Lipinski definition) is 2.